The monoisotopic (exact) mass is 277 g/mol. The van der Waals surface area contributed by atoms with Crippen LogP contribution in [0.5, 0.6) is 17.2 Å². The van der Waals surface area contributed by atoms with Crippen LogP contribution in [0.4, 0.5) is 0 Å². The van der Waals surface area contributed by atoms with Crippen LogP contribution in [0.1, 0.15) is 16.2 Å². The van der Waals surface area contributed by atoms with E-state index < -0.39 is 0 Å². The van der Waals surface area contributed by atoms with Gasteiger partial charge >= 0.3 is 0 Å². The first kappa shape index (κ1) is 13.9. The first-order chi connectivity index (χ1) is 9.69. The van der Waals surface area contributed by atoms with Gasteiger partial charge in [0.15, 0.2) is 17.3 Å². The molecule has 1 aromatic carbocycles. The third-order valence-electron chi connectivity index (χ3n) is 2.77. The second-order valence-corrected chi connectivity index (χ2v) is 4.02. The molecule has 0 saturated carbocycles. The van der Waals surface area contributed by atoms with Crippen molar-refractivity contribution in [2.75, 3.05) is 14.2 Å². The molecule has 0 saturated heterocycles. The molecule has 1 aromatic heterocycles. The van der Waals surface area contributed by atoms with Crippen LogP contribution in [0.25, 0.3) is 0 Å². The number of carbonyl (C=O) groups excluding carboxylic acids is 1. The molecule has 7 heteroatoms. The van der Waals surface area contributed by atoms with Gasteiger partial charge in [0.25, 0.3) is 0 Å². The van der Waals surface area contributed by atoms with Gasteiger partial charge in [0, 0.05) is 12.6 Å². The van der Waals surface area contributed by atoms with E-state index in [1.807, 2.05) is 7.05 Å². The van der Waals surface area contributed by atoms with Crippen molar-refractivity contribution in [3.63, 3.8) is 0 Å². The van der Waals surface area contributed by atoms with E-state index in [9.17, 15) is 4.79 Å². The highest BCUT2D eigenvalue weighted by Gasteiger charge is 2.15. The van der Waals surface area contributed by atoms with E-state index >= 15 is 0 Å². The van der Waals surface area contributed by atoms with Crippen LogP contribution in [-0.4, -0.2) is 35.3 Å². The second-order valence-electron chi connectivity index (χ2n) is 4.02. The van der Waals surface area contributed by atoms with Crippen molar-refractivity contribution in [3.8, 4) is 17.2 Å². The second kappa shape index (κ2) is 6.05. The average Bonchev–Trinajstić information content (AvgIpc) is 2.89. The van der Waals surface area contributed by atoms with Crippen molar-refractivity contribution in [2.45, 2.75) is 6.61 Å². The number of carbonyl (C=O) groups is 1. The predicted octanol–water partition coefficient (Wildman–Crippen LogP) is 1.22. The fraction of sp³-hybridized carbons (Fsp3) is 0.308. The minimum atomic E-state index is 0.212. The van der Waals surface area contributed by atoms with Gasteiger partial charge in [-0.25, -0.2) is 0 Å². The van der Waals surface area contributed by atoms with Crippen molar-refractivity contribution < 1.29 is 19.0 Å². The topological polar surface area (TPSA) is 75.5 Å². The molecule has 7 nitrogen and oxygen atoms in total. The lowest BCUT2D eigenvalue weighted by Crippen LogP contribution is -2.05. The zero-order chi connectivity index (χ0) is 14.5. The van der Waals surface area contributed by atoms with Crippen LogP contribution in [0, 0.1) is 0 Å². The van der Waals surface area contributed by atoms with Gasteiger partial charge in [-0.2, -0.15) is 0 Å². The highest BCUT2D eigenvalue weighted by Crippen LogP contribution is 2.38. The van der Waals surface area contributed by atoms with Crippen LogP contribution >= 0.6 is 0 Å². The summed E-state index contributed by atoms with van der Waals surface area (Å²) in [5, 5.41) is 7.70. The fourth-order valence-corrected chi connectivity index (χ4v) is 1.68. The van der Waals surface area contributed by atoms with Crippen molar-refractivity contribution >= 4 is 6.29 Å². The van der Waals surface area contributed by atoms with Crippen LogP contribution in [0.2, 0.25) is 0 Å². The number of aldehydes is 1. The first-order valence-corrected chi connectivity index (χ1v) is 5.86. The number of nitrogens with zero attached hydrogens (tertiary/aromatic N) is 3. The van der Waals surface area contributed by atoms with Crippen LogP contribution < -0.4 is 14.2 Å². The smallest absolute Gasteiger partial charge is 0.204 e. The molecule has 0 bridgehead atoms. The summed E-state index contributed by atoms with van der Waals surface area (Å²) in [5.41, 5.74) is 0.449. The maximum atomic E-state index is 10.9. The van der Waals surface area contributed by atoms with Crippen LogP contribution in [-0.2, 0) is 13.7 Å². The number of rotatable bonds is 6. The summed E-state index contributed by atoms with van der Waals surface area (Å²) in [4.78, 5) is 10.9. The lowest BCUT2D eigenvalue weighted by atomic mass is 10.2. The summed E-state index contributed by atoms with van der Waals surface area (Å²) in [6, 6.07) is 3.17. The number of benzene rings is 1. The molecule has 0 spiro atoms. The van der Waals surface area contributed by atoms with Gasteiger partial charge in [0.1, 0.15) is 19.2 Å². The number of hydrogen-bond donors (Lipinski definition) is 0. The molecule has 0 aliphatic heterocycles. The third kappa shape index (κ3) is 2.71. The van der Waals surface area contributed by atoms with E-state index in [4.69, 9.17) is 14.2 Å². The molecule has 0 aliphatic carbocycles. The van der Waals surface area contributed by atoms with Crippen molar-refractivity contribution in [3.05, 3.63) is 29.8 Å². The molecule has 0 fully saturated rings. The number of methoxy groups -OCH3 is 2. The maximum Gasteiger partial charge on any atom is 0.204 e. The van der Waals surface area contributed by atoms with E-state index in [1.54, 1.807) is 23.0 Å². The molecular weight excluding hydrogens is 262 g/mol. The Balaban J connectivity index is 2.29. The van der Waals surface area contributed by atoms with E-state index in [0.717, 1.165) is 6.29 Å². The predicted molar refractivity (Wildman–Crippen MR) is 70.3 cm³/mol. The lowest BCUT2D eigenvalue weighted by molar-refractivity contribution is 0.112. The van der Waals surface area contributed by atoms with Crippen LogP contribution in [0.15, 0.2) is 18.5 Å². The summed E-state index contributed by atoms with van der Waals surface area (Å²) in [5.74, 6) is 1.93. The Kier molecular flexibility index (Phi) is 4.19. The SMILES string of the molecule is COc1cc(C=O)cc(OC)c1OCc1nncn1C. The van der Waals surface area contributed by atoms with Gasteiger partial charge in [-0.15, -0.1) is 10.2 Å². The number of aromatic nitrogens is 3. The molecule has 0 unspecified atom stereocenters. The Morgan fingerprint density at radius 1 is 1.25 bits per heavy atom. The largest absolute Gasteiger partial charge is 0.493 e. The van der Waals surface area contributed by atoms with Crippen molar-refractivity contribution in [1.82, 2.24) is 14.8 Å². The van der Waals surface area contributed by atoms with Gasteiger partial charge in [0.05, 0.1) is 14.2 Å². The van der Waals surface area contributed by atoms with E-state index in [1.165, 1.54) is 14.2 Å². The van der Waals surface area contributed by atoms with E-state index in [0.29, 0.717) is 28.6 Å². The lowest BCUT2D eigenvalue weighted by Gasteiger charge is -2.14. The van der Waals surface area contributed by atoms with Gasteiger partial charge in [-0.1, -0.05) is 0 Å². The standard InChI is InChI=1S/C13H15N3O4/c1-16-8-14-15-12(16)7-20-13-10(18-2)4-9(6-17)5-11(13)19-3/h4-6,8H,7H2,1-3H3. The van der Waals surface area contributed by atoms with E-state index in [-0.39, 0.29) is 6.61 Å². The summed E-state index contributed by atoms with van der Waals surface area (Å²) in [6.07, 6.45) is 2.31. The average molecular weight is 277 g/mol. The van der Waals surface area contributed by atoms with Crippen molar-refractivity contribution in [1.29, 1.82) is 0 Å². The van der Waals surface area contributed by atoms with Gasteiger partial charge in [-0.3, -0.25) is 4.79 Å². The molecule has 0 radical (unpaired) electrons. The minimum absolute atomic E-state index is 0.212. The molecule has 0 aliphatic rings. The molecule has 2 aromatic rings. The zero-order valence-corrected chi connectivity index (χ0v) is 11.5. The van der Waals surface area contributed by atoms with Gasteiger partial charge in [0.2, 0.25) is 5.75 Å². The molecule has 0 amide bonds. The van der Waals surface area contributed by atoms with Crippen LogP contribution in [0.3, 0.4) is 0 Å². The Hall–Kier alpha value is -2.57. The minimum Gasteiger partial charge on any atom is -0.493 e. The Morgan fingerprint density at radius 3 is 2.35 bits per heavy atom. The summed E-state index contributed by atoms with van der Waals surface area (Å²) in [6.45, 7) is 0.212. The number of aryl methyl sites for hydroxylation is 1. The fourth-order valence-electron chi connectivity index (χ4n) is 1.68. The Labute approximate surface area is 116 Å². The highest BCUT2D eigenvalue weighted by molar-refractivity contribution is 5.78. The quantitative estimate of drug-likeness (QED) is 0.739. The summed E-state index contributed by atoms with van der Waals surface area (Å²) >= 11 is 0. The normalized spacial score (nSPS) is 10.2. The number of ether oxygens (including phenoxy) is 3. The Morgan fingerprint density at radius 2 is 1.90 bits per heavy atom. The molecule has 106 valence electrons. The molecule has 1 heterocycles. The van der Waals surface area contributed by atoms with Crippen molar-refractivity contribution in [2.24, 2.45) is 7.05 Å². The zero-order valence-electron chi connectivity index (χ0n) is 11.5. The Bertz CT molecular complexity index is 584. The number of hydrogen-bond acceptors (Lipinski definition) is 6. The van der Waals surface area contributed by atoms with Gasteiger partial charge < -0.3 is 18.8 Å². The molecular formula is C13H15N3O4. The summed E-state index contributed by atoms with van der Waals surface area (Å²) in [7, 11) is 4.82. The highest BCUT2D eigenvalue weighted by atomic mass is 16.5. The van der Waals surface area contributed by atoms with E-state index in [2.05, 4.69) is 10.2 Å². The molecule has 0 N–H and O–H groups in total. The first-order valence-electron chi connectivity index (χ1n) is 5.86. The molecule has 0 atom stereocenters. The molecule has 20 heavy (non-hydrogen) atoms. The maximum absolute atomic E-state index is 10.9. The molecule has 2 rings (SSSR count). The third-order valence-corrected chi connectivity index (χ3v) is 2.77. The van der Waals surface area contributed by atoms with Gasteiger partial charge in [-0.05, 0) is 12.1 Å². The summed E-state index contributed by atoms with van der Waals surface area (Å²) < 4.78 is 17.9.